The van der Waals surface area contributed by atoms with Gasteiger partial charge in [0.25, 0.3) is 0 Å². The summed E-state index contributed by atoms with van der Waals surface area (Å²) in [5.41, 5.74) is 0.469. The van der Waals surface area contributed by atoms with Crippen LogP contribution in [0.3, 0.4) is 0 Å². The summed E-state index contributed by atoms with van der Waals surface area (Å²) in [5.74, 6) is 0.860. The summed E-state index contributed by atoms with van der Waals surface area (Å²) in [6.45, 7) is 4.84. The van der Waals surface area contributed by atoms with Gasteiger partial charge in [0.15, 0.2) is 5.12 Å². The Kier molecular flexibility index (Phi) is 2.64. The Hall–Kier alpha value is -0.0200. The largest absolute Gasteiger partial charge is 0.374 e. The molecule has 2 aliphatic heterocycles. The van der Waals surface area contributed by atoms with Crippen LogP contribution in [-0.2, 0) is 9.53 Å². The maximum absolute atomic E-state index is 10.9. The van der Waals surface area contributed by atoms with E-state index in [1.807, 2.05) is 0 Å². The molecule has 1 saturated carbocycles. The van der Waals surface area contributed by atoms with E-state index in [2.05, 4.69) is 6.92 Å². The Labute approximate surface area is 89.8 Å². The van der Waals surface area contributed by atoms with Gasteiger partial charge in [-0.2, -0.15) is 0 Å². The zero-order chi connectivity index (χ0) is 10.2. The molecule has 3 rings (SSSR count). The smallest absolute Gasteiger partial charge is 0.185 e. The van der Waals surface area contributed by atoms with Gasteiger partial charge in [0.05, 0.1) is 12.2 Å². The van der Waals surface area contributed by atoms with Crippen LogP contribution in [0.25, 0.3) is 0 Å². The molecule has 0 atom stereocenters. The molecule has 2 heterocycles. The van der Waals surface area contributed by atoms with Crippen LogP contribution in [0.2, 0.25) is 0 Å². The van der Waals surface area contributed by atoms with Crippen LogP contribution in [0, 0.1) is 5.41 Å². The van der Waals surface area contributed by atoms with E-state index in [4.69, 9.17) is 4.74 Å². The Morgan fingerprint density at radius 2 is 2.00 bits per heavy atom. The summed E-state index contributed by atoms with van der Waals surface area (Å²) in [7, 11) is 0. The molecule has 1 aliphatic carbocycles. The highest BCUT2D eigenvalue weighted by Crippen LogP contribution is 2.49. The molecule has 3 fully saturated rings. The van der Waals surface area contributed by atoms with Gasteiger partial charge in [0.2, 0.25) is 0 Å². The number of carbonyl (C=O) groups is 1. The van der Waals surface area contributed by atoms with Crippen molar-refractivity contribution in [2.75, 3.05) is 12.4 Å². The van der Waals surface area contributed by atoms with Crippen molar-refractivity contribution >= 4 is 16.9 Å². The van der Waals surface area contributed by atoms with Crippen molar-refractivity contribution in [1.82, 2.24) is 0 Å². The van der Waals surface area contributed by atoms with E-state index < -0.39 is 0 Å². The molecule has 0 aromatic heterocycles. The third-order valence-corrected chi connectivity index (χ3v) is 4.71. The molecule has 14 heavy (non-hydrogen) atoms. The minimum atomic E-state index is 0.0358. The van der Waals surface area contributed by atoms with Crippen molar-refractivity contribution in [3.63, 3.8) is 0 Å². The molecule has 0 radical (unpaired) electrons. The standard InChI is InChI=1S/C11H18O2S/c1-9(12)14-8-11-5-3-10(2,4-6-11)7-13-11/h3-8H2,1-2H3. The number of ether oxygens (including phenoxy) is 1. The molecule has 0 N–H and O–H groups in total. The zero-order valence-corrected chi connectivity index (χ0v) is 9.78. The van der Waals surface area contributed by atoms with E-state index in [0.717, 1.165) is 25.2 Å². The summed E-state index contributed by atoms with van der Waals surface area (Å²) < 4.78 is 5.94. The molecule has 80 valence electrons. The van der Waals surface area contributed by atoms with E-state index in [1.54, 1.807) is 6.92 Å². The van der Waals surface area contributed by atoms with Gasteiger partial charge in [0, 0.05) is 12.7 Å². The molecule has 0 unspecified atom stereocenters. The van der Waals surface area contributed by atoms with Crippen LogP contribution < -0.4 is 0 Å². The molecule has 0 aromatic rings. The number of fused-ring (bicyclic) bond motifs is 3. The SMILES string of the molecule is CC(=O)SCC12CCC(C)(CC1)CO2. The minimum Gasteiger partial charge on any atom is -0.374 e. The fourth-order valence-electron chi connectivity index (χ4n) is 2.34. The highest BCUT2D eigenvalue weighted by molar-refractivity contribution is 8.13. The van der Waals surface area contributed by atoms with Crippen molar-refractivity contribution in [2.24, 2.45) is 5.41 Å². The second-order valence-electron chi connectivity index (χ2n) is 5.06. The van der Waals surface area contributed by atoms with Gasteiger partial charge in [-0.3, -0.25) is 4.79 Å². The Balaban J connectivity index is 1.95. The highest BCUT2D eigenvalue weighted by Gasteiger charge is 2.47. The van der Waals surface area contributed by atoms with Crippen LogP contribution in [0.5, 0.6) is 0 Å². The maximum atomic E-state index is 10.9. The average Bonchev–Trinajstić information content (AvgIpc) is 2.17. The monoisotopic (exact) mass is 214 g/mol. The first kappa shape index (κ1) is 10.5. The number of hydrogen-bond donors (Lipinski definition) is 0. The Morgan fingerprint density at radius 1 is 1.36 bits per heavy atom. The normalized spacial score (nSPS) is 41.3. The molecular formula is C11H18O2S. The summed E-state index contributed by atoms with van der Waals surface area (Å²) in [4.78, 5) is 10.9. The minimum absolute atomic E-state index is 0.0358. The second-order valence-corrected chi connectivity index (χ2v) is 6.21. The van der Waals surface area contributed by atoms with E-state index in [9.17, 15) is 4.79 Å². The fraction of sp³-hybridized carbons (Fsp3) is 0.909. The highest BCUT2D eigenvalue weighted by atomic mass is 32.2. The maximum Gasteiger partial charge on any atom is 0.185 e. The quantitative estimate of drug-likeness (QED) is 0.707. The first-order valence-electron chi connectivity index (χ1n) is 5.31. The first-order chi connectivity index (χ1) is 6.54. The lowest BCUT2D eigenvalue weighted by Crippen LogP contribution is -2.51. The Bertz CT molecular complexity index is 225. The summed E-state index contributed by atoms with van der Waals surface area (Å²) in [6, 6.07) is 0. The molecule has 2 saturated heterocycles. The molecule has 0 aromatic carbocycles. The van der Waals surface area contributed by atoms with Crippen molar-refractivity contribution in [2.45, 2.75) is 45.1 Å². The van der Waals surface area contributed by atoms with Crippen molar-refractivity contribution < 1.29 is 9.53 Å². The number of carbonyl (C=O) groups excluding carboxylic acids is 1. The predicted octanol–water partition coefficient (Wildman–Crippen LogP) is 2.62. The van der Waals surface area contributed by atoms with Crippen LogP contribution in [0.15, 0.2) is 0 Å². The summed E-state index contributed by atoms with van der Waals surface area (Å²) in [5, 5.41) is 0.210. The molecule has 0 spiro atoms. The number of hydrogen-bond acceptors (Lipinski definition) is 3. The lowest BCUT2D eigenvalue weighted by atomic mass is 9.68. The molecule has 0 amide bonds. The van der Waals surface area contributed by atoms with E-state index in [-0.39, 0.29) is 10.7 Å². The van der Waals surface area contributed by atoms with Gasteiger partial charge in [-0.15, -0.1) is 0 Å². The molecule has 2 bridgehead atoms. The molecule has 2 nitrogen and oxygen atoms in total. The lowest BCUT2D eigenvalue weighted by Gasteiger charge is -2.51. The molecular weight excluding hydrogens is 196 g/mol. The van der Waals surface area contributed by atoms with Gasteiger partial charge in [0.1, 0.15) is 0 Å². The topological polar surface area (TPSA) is 26.3 Å². The van der Waals surface area contributed by atoms with E-state index in [1.165, 1.54) is 24.6 Å². The average molecular weight is 214 g/mol. The van der Waals surface area contributed by atoms with Crippen molar-refractivity contribution in [3.8, 4) is 0 Å². The predicted molar refractivity (Wildman–Crippen MR) is 58.4 cm³/mol. The fourth-order valence-corrected chi connectivity index (χ4v) is 3.18. The Morgan fingerprint density at radius 3 is 2.43 bits per heavy atom. The van der Waals surface area contributed by atoms with Crippen LogP contribution in [0.4, 0.5) is 0 Å². The first-order valence-corrected chi connectivity index (χ1v) is 6.30. The second kappa shape index (κ2) is 3.53. The van der Waals surface area contributed by atoms with Crippen molar-refractivity contribution in [1.29, 1.82) is 0 Å². The summed E-state index contributed by atoms with van der Waals surface area (Å²) >= 11 is 1.42. The number of rotatable bonds is 2. The van der Waals surface area contributed by atoms with Gasteiger partial charge in [-0.05, 0) is 31.1 Å². The van der Waals surface area contributed by atoms with Gasteiger partial charge >= 0.3 is 0 Å². The third kappa shape index (κ3) is 1.98. The molecule has 3 heteroatoms. The zero-order valence-electron chi connectivity index (χ0n) is 8.97. The van der Waals surface area contributed by atoms with Gasteiger partial charge in [-0.25, -0.2) is 0 Å². The van der Waals surface area contributed by atoms with Gasteiger partial charge in [-0.1, -0.05) is 18.7 Å². The van der Waals surface area contributed by atoms with Crippen molar-refractivity contribution in [3.05, 3.63) is 0 Å². The van der Waals surface area contributed by atoms with Gasteiger partial charge < -0.3 is 4.74 Å². The van der Waals surface area contributed by atoms with Crippen LogP contribution in [0.1, 0.15) is 39.5 Å². The lowest BCUT2D eigenvalue weighted by molar-refractivity contribution is -0.164. The summed E-state index contributed by atoms with van der Waals surface area (Å²) in [6.07, 6.45) is 4.82. The molecule has 3 aliphatic rings. The van der Waals surface area contributed by atoms with E-state index >= 15 is 0 Å². The third-order valence-electron chi connectivity index (χ3n) is 3.63. The number of thioether (sulfide) groups is 1. The van der Waals surface area contributed by atoms with Crippen LogP contribution in [-0.4, -0.2) is 23.1 Å². The van der Waals surface area contributed by atoms with E-state index in [0.29, 0.717) is 5.41 Å². The van der Waals surface area contributed by atoms with Crippen LogP contribution >= 0.6 is 11.8 Å².